The van der Waals surface area contributed by atoms with Gasteiger partial charge in [0.25, 0.3) is 0 Å². The van der Waals surface area contributed by atoms with Crippen LogP contribution in [0, 0.1) is 11.3 Å². The van der Waals surface area contributed by atoms with Crippen LogP contribution >= 0.6 is 0 Å². The lowest BCUT2D eigenvalue weighted by Crippen LogP contribution is -1.73. The van der Waals surface area contributed by atoms with Crippen LogP contribution in [0.4, 0.5) is 0 Å². The molecule has 0 aromatic heterocycles. The van der Waals surface area contributed by atoms with E-state index in [1.54, 1.807) is 0 Å². The summed E-state index contributed by atoms with van der Waals surface area (Å²) < 4.78 is 0. The van der Waals surface area contributed by atoms with Crippen LogP contribution in [0.2, 0.25) is 0 Å². The first kappa shape index (κ1) is 13.7. The van der Waals surface area contributed by atoms with E-state index in [1.165, 1.54) is 19.3 Å². The second kappa shape index (κ2) is 12.7. The van der Waals surface area contributed by atoms with Gasteiger partial charge in [0, 0.05) is 0 Å². The fourth-order valence-electron chi connectivity index (χ4n) is 1.23. The lowest BCUT2D eigenvalue weighted by molar-refractivity contribution is 0.759. The minimum absolute atomic E-state index is 0.543. The molecule has 0 aliphatic heterocycles. The zero-order valence-corrected chi connectivity index (χ0v) is 9.49. The van der Waals surface area contributed by atoms with Crippen molar-refractivity contribution in [3.63, 3.8) is 0 Å². The van der Waals surface area contributed by atoms with Gasteiger partial charge in [0.05, 0.1) is 12.5 Å². The van der Waals surface area contributed by atoms with Crippen LogP contribution in [0.3, 0.4) is 0 Å². The predicted molar refractivity (Wildman–Crippen MR) is 66.4 cm³/mol. The van der Waals surface area contributed by atoms with Gasteiger partial charge < -0.3 is 0 Å². The van der Waals surface area contributed by atoms with Crippen molar-refractivity contribution in [2.75, 3.05) is 0 Å². The van der Waals surface area contributed by atoms with Crippen molar-refractivity contribution in [3.05, 3.63) is 37.0 Å². The molecule has 0 N–H and O–H groups in total. The van der Waals surface area contributed by atoms with E-state index in [0.717, 1.165) is 19.3 Å². The smallest absolute Gasteiger partial charge is 0.0663 e. The summed E-state index contributed by atoms with van der Waals surface area (Å²) in [6.07, 6.45) is 17.9. The molecule has 0 saturated carbocycles. The van der Waals surface area contributed by atoms with E-state index in [-0.39, 0.29) is 0 Å². The Bertz CT molecular complexity index is 230. The Kier molecular flexibility index (Phi) is 11.6. The number of hydrogen-bond donors (Lipinski definition) is 0. The summed E-state index contributed by atoms with van der Waals surface area (Å²) in [4.78, 5) is 0. The minimum atomic E-state index is 0.543. The van der Waals surface area contributed by atoms with Crippen LogP contribution in [0.5, 0.6) is 0 Å². The molecule has 0 rings (SSSR count). The standard InChI is InChI=1S/C14H21N/c1-2-3-4-5-6-7-8-9-10-11-12-13-14-15/h2,5-6,11-12H,1,3-4,7-10,13H2/b6-5+,12-11+. The van der Waals surface area contributed by atoms with Gasteiger partial charge in [0.15, 0.2) is 0 Å². The maximum atomic E-state index is 8.29. The fraction of sp³-hybridized carbons (Fsp3) is 0.500. The van der Waals surface area contributed by atoms with Crippen molar-refractivity contribution >= 4 is 0 Å². The molecule has 0 fully saturated rings. The third-order valence-corrected chi connectivity index (χ3v) is 2.07. The summed E-state index contributed by atoms with van der Waals surface area (Å²) >= 11 is 0. The number of allylic oxidation sites excluding steroid dienone is 5. The molecule has 0 bridgehead atoms. The van der Waals surface area contributed by atoms with Crippen LogP contribution in [-0.4, -0.2) is 0 Å². The molecule has 0 spiro atoms. The molecule has 0 heterocycles. The maximum absolute atomic E-state index is 8.29. The van der Waals surface area contributed by atoms with Gasteiger partial charge in [-0.05, 0) is 38.5 Å². The molecule has 82 valence electrons. The zero-order chi connectivity index (χ0) is 11.2. The molecular formula is C14H21N. The van der Waals surface area contributed by atoms with Gasteiger partial charge in [0.1, 0.15) is 0 Å². The van der Waals surface area contributed by atoms with Crippen LogP contribution in [0.1, 0.15) is 44.9 Å². The van der Waals surface area contributed by atoms with Gasteiger partial charge in [-0.25, -0.2) is 0 Å². The van der Waals surface area contributed by atoms with Gasteiger partial charge in [-0.2, -0.15) is 5.26 Å². The summed E-state index contributed by atoms with van der Waals surface area (Å²) in [6.45, 7) is 3.68. The number of hydrogen-bond acceptors (Lipinski definition) is 1. The van der Waals surface area contributed by atoms with Crippen molar-refractivity contribution in [2.45, 2.75) is 44.9 Å². The van der Waals surface area contributed by atoms with Gasteiger partial charge in [-0.3, -0.25) is 0 Å². The zero-order valence-electron chi connectivity index (χ0n) is 9.49. The van der Waals surface area contributed by atoms with Gasteiger partial charge >= 0.3 is 0 Å². The van der Waals surface area contributed by atoms with Crippen LogP contribution in [0.25, 0.3) is 0 Å². The highest BCUT2D eigenvalue weighted by Gasteiger charge is 1.83. The summed E-state index contributed by atoms with van der Waals surface area (Å²) in [7, 11) is 0. The van der Waals surface area contributed by atoms with E-state index >= 15 is 0 Å². The first-order valence-electron chi connectivity index (χ1n) is 5.69. The molecule has 0 atom stereocenters. The van der Waals surface area contributed by atoms with E-state index in [4.69, 9.17) is 5.26 Å². The van der Waals surface area contributed by atoms with Crippen molar-refractivity contribution in [1.82, 2.24) is 0 Å². The highest BCUT2D eigenvalue weighted by molar-refractivity contribution is 4.90. The quantitative estimate of drug-likeness (QED) is 0.398. The second-order valence-corrected chi connectivity index (χ2v) is 3.46. The maximum Gasteiger partial charge on any atom is 0.0663 e. The SMILES string of the molecule is C=CCC/C=C/CCCC/C=C/CC#N. The molecule has 0 radical (unpaired) electrons. The Morgan fingerprint density at radius 2 is 1.47 bits per heavy atom. The summed E-state index contributed by atoms with van der Waals surface area (Å²) in [6, 6.07) is 2.09. The topological polar surface area (TPSA) is 23.8 Å². The van der Waals surface area contributed by atoms with Gasteiger partial charge in [0.2, 0.25) is 0 Å². The Morgan fingerprint density at radius 3 is 2.07 bits per heavy atom. The molecule has 0 saturated heterocycles. The Balaban J connectivity index is 3.14. The highest BCUT2D eigenvalue weighted by Crippen LogP contribution is 2.03. The molecule has 0 amide bonds. The average molecular weight is 203 g/mol. The first-order chi connectivity index (χ1) is 7.41. The van der Waals surface area contributed by atoms with E-state index in [1.807, 2.05) is 12.2 Å². The van der Waals surface area contributed by atoms with E-state index < -0.39 is 0 Å². The molecule has 1 heteroatoms. The molecular weight excluding hydrogens is 182 g/mol. The summed E-state index contributed by atoms with van der Waals surface area (Å²) in [5, 5.41) is 8.29. The average Bonchev–Trinajstić information content (AvgIpc) is 2.26. The van der Waals surface area contributed by atoms with Crippen LogP contribution in [0.15, 0.2) is 37.0 Å². The third kappa shape index (κ3) is 12.7. The minimum Gasteiger partial charge on any atom is -0.198 e. The molecule has 1 nitrogen and oxygen atoms in total. The van der Waals surface area contributed by atoms with Crippen LogP contribution < -0.4 is 0 Å². The van der Waals surface area contributed by atoms with Gasteiger partial charge in [-0.1, -0.05) is 30.4 Å². The Morgan fingerprint density at radius 1 is 0.867 bits per heavy atom. The second-order valence-electron chi connectivity index (χ2n) is 3.46. The fourth-order valence-corrected chi connectivity index (χ4v) is 1.23. The Labute approximate surface area is 93.8 Å². The van der Waals surface area contributed by atoms with Crippen molar-refractivity contribution in [3.8, 4) is 6.07 Å². The van der Waals surface area contributed by atoms with Crippen molar-refractivity contribution in [1.29, 1.82) is 5.26 Å². The molecule has 0 aromatic carbocycles. The van der Waals surface area contributed by atoms with Crippen molar-refractivity contribution < 1.29 is 0 Å². The first-order valence-corrected chi connectivity index (χ1v) is 5.69. The van der Waals surface area contributed by atoms with Crippen molar-refractivity contribution in [2.24, 2.45) is 0 Å². The molecule has 0 aromatic rings. The van der Waals surface area contributed by atoms with E-state index in [9.17, 15) is 0 Å². The molecule has 0 aliphatic carbocycles. The third-order valence-electron chi connectivity index (χ3n) is 2.07. The monoisotopic (exact) mass is 203 g/mol. The number of rotatable bonds is 9. The normalized spacial score (nSPS) is 10.9. The summed E-state index contributed by atoms with van der Waals surface area (Å²) in [5.41, 5.74) is 0. The number of unbranched alkanes of at least 4 members (excludes halogenated alkanes) is 4. The highest BCUT2D eigenvalue weighted by atomic mass is 14.2. The largest absolute Gasteiger partial charge is 0.198 e. The molecule has 15 heavy (non-hydrogen) atoms. The molecule has 0 unspecified atom stereocenters. The molecule has 0 aliphatic rings. The number of nitriles is 1. The number of nitrogens with zero attached hydrogens (tertiary/aromatic N) is 1. The van der Waals surface area contributed by atoms with E-state index in [0.29, 0.717) is 6.42 Å². The lowest BCUT2D eigenvalue weighted by Gasteiger charge is -1.92. The van der Waals surface area contributed by atoms with Crippen LogP contribution in [-0.2, 0) is 0 Å². The van der Waals surface area contributed by atoms with Gasteiger partial charge in [-0.15, -0.1) is 6.58 Å². The summed E-state index contributed by atoms with van der Waals surface area (Å²) in [5.74, 6) is 0. The predicted octanol–water partition coefficient (Wildman–Crippen LogP) is 4.54. The lowest BCUT2D eigenvalue weighted by atomic mass is 10.1. The van der Waals surface area contributed by atoms with E-state index in [2.05, 4.69) is 30.9 Å². The Hall–Kier alpha value is -1.29.